The van der Waals surface area contributed by atoms with E-state index in [2.05, 4.69) is 37.4 Å². The number of aliphatic hydroxyl groups is 4. The molecule has 7 rings (SSSR count). The molecule has 7 N–H and O–H groups in total. The Morgan fingerprint density at radius 2 is 1.63 bits per heavy atom. The van der Waals surface area contributed by atoms with Crippen LogP contribution in [0.25, 0.3) is 0 Å². The third-order valence-corrected chi connectivity index (χ3v) is 15.8. The normalized spacial score (nSPS) is 47.5. The number of nitrogens with two attached hydrogens (primary N) is 1. The molecule has 7 aliphatic rings. The molecule has 3 aliphatic heterocycles. The van der Waals surface area contributed by atoms with Gasteiger partial charge in [-0.05, 0) is 82.3 Å². The van der Waals surface area contributed by atoms with Gasteiger partial charge in [0.15, 0.2) is 18.2 Å². The molecule has 350 valence electrons. The van der Waals surface area contributed by atoms with E-state index < -0.39 is 101 Å². The number of allylic oxidation sites excluding steroid dienone is 3. The first-order chi connectivity index (χ1) is 29.6. The van der Waals surface area contributed by atoms with Crippen molar-refractivity contribution in [3.05, 3.63) is 58.4 Å². The molecule has 1 saturated carbocycles. The molecule has 3 saturated heterocycles. The minimum atomic E-state index is -1.70. The second-order valence-corrected chi connectivity index (χ2v) is 20.3. The van der Waals surface area contributed by atoms with Crippen molar-refractivity contribution < 1.29 is 63.2 Å². The average Bonchev–Trinajstić information content (AvgIpc) is 3.45. The zero-order chi connectivity index (χ0) is 46.1. The van der Waals surface area contributed by atoms with Gasteiger partial charge in [-0.25, -0.2) is 9.59 Å². The quantitative estimate of drug-likeness (QED) is 0.119. The summed E-state index contributed by atoms with van der Waals surface area (Å²) >= 11 is 0. The number of nitrogens with one attached hydrogen (secondary N) is 1. The van der Waals surface area contributed by atoms with Gasteiger partial charge in [-0.3, -0.25) is 4.79 Å². The molecule has 2 bridgehead atoms. The van der Waals surface area contributed by atoms with Gasteiger partial charge in [-0.15, -0.1) is 0 Å². The zero-order valence-electron chi connectivity index (χ0n) is 38.4. The van der Waals surface area contributed by atoms with Gasteiger partial charge in [0.1, 0.15) is 17.4 Å². The fourth-order valence-electron chi connectivity index (χ4n) is 12.5. The predicted octanol–water partition coefficient (Wildman–Crippen LogP) is 4.84. The van der Waals surface area contributed by atoms with Crippen LogP contribution in [0.15, 0.2) is 58.4 Å². The van der Waals surface area contributed by atoms with Crippen LogP contribution in [0.3, 0.4) is 0 Å². The lowest BCUT2D eigenvalue weighted by molar-refractivity contribution is -0.277. The molecule has 0 aromatic heterocycles. The Morgan fingerprint density at radius 1 is 0.937 bits per heavy atom. The van der Waals surface area contributed by atoms with Crippen molar-refractivity contribution >= 4 is 17.8 Å². The number of ketones is 1. The maximum Gasteiger partial charge on any atom is 0.407 e. The molecule has 3 heterocycles. The molecule has 0 radical (unpaired) electrons. The highest BCUT2D eigenvalue weighted by Gasteiger charge is 2.63. The molecule has 15 heteroatoms. The van der Waals surface area contributed by atoms with Gasteiger partial charge in [0.2, 0.25) is 5.78 Å². The van der Waals surface area contributed by atoms with Crippen LogP contribution in [-0.2, 0) is 38.0 Å². The highest BCUT2D eigenvalue weighted by molar-refractivity contribution is 6.26. The summed E-state index contributed by atoms with van der Waals surface area (Å²) < 4.78 is 37.1. The van der Waals surface area contributed by atoms with Crippen molar-refractivity contribution in [3.8, 4) is 0 Å². The smallest absolute Gasteiger partial charge is 0.407 e. The molecule has 19 atom stereocenters. The number of amides is 1. The summed E-state index contributed by atoms with van der Waals surface area (Å²) in [5.74, 6) is -4.04. The summed E-state index contributed by atoms with van der Waals surface area (Å²) in [6.45, 7) is 17.0. The summed E-state index contributed by atoms with van der Waals surface area (Å²) in [6.07, 6.45) is 4.93. The molecule has 4 aliphatic carbocycles. The molecule has 4 fully saturated rings. The van der Waals surface area contributed by atoms with E-state index in [1.54, 1.807) is 13.0 Å². The minimum absolute atomic E-state index is 0.0142. The van der Waals surface area contributed by atoms with Crippen LogP contribution in [0.5, 0.6) is 0 Å². The molecule has 0 aromatic carbocycles. The highest BCUT2D eigenvalue weighted by Crippen LogP contribution is 2.61. The van der Waals surface area contributed by atoms with Crippen LogP contribution in [0.4, 0.5) is 4.79 Å². The van der Waals surface area contributed by atoms with E-state index in [4.69, 9.17) is 34.2 Å². The van der Waals surface area contributed by atoms with E-state index >= 15 is 4.79 Å². The van der Waals surface area contributed by atoms with Crippen molar-refractivity contribution in [1.29, 1.82) is 0 Å². The largest absolute Gasteiger partial charge is 0.511 e. The molecule has 1 amide bonds. The van der Waals surface area contributed by atoms with E-state index in [-0.39, 0.29) is 66.8 Å². The third-order valence-electron chi connectivity index (χ3n) is 15.8. The monoisotopic (exact) mass is 882 g/mol. The molecule has 63 heavy (non-hydrogen) atoms. The van der Waals surface area contributed by atoms with Crippen molar-refractivity contribution in [2.75, 3.05) is 13.7 Å². The van der Waals surface area contributed by atoms with Crippen LogP contribution in [0, 0.1) is 46.8 Å². The van der Waals surface area contributed by atoms with E-state index in [1.807, 2.05) is 47.6 Å². The van der Waals surface area contributed by atoms with E-state index in [0.29, 0.717) is 18.4 Å². The molecule has 0 unspecified atom stereocenters. The maximum atomic E-state index is 15.3. The summed E-state index contributed by atoms with van der Waals surface area (Å²) in [6, 6.07) is -0.569. The van der Waals surface area contributed by atoms with Gasteiger partial charge in [-0.1, -0.05) is 63.6 Å². The fourth-order valence-corrected chi connectivity index (χ4v) is 12.5. The van der Waals surface area contributed by atoms with Gasteiger partial charge in [0.05, 0.1) is 50.3 Å². The van der Waals surface area contributed by atoms with Crippen LogP contribution >= 0.6 is 0 Å². The number of esters is 1. The average molecular weight is 883 g/mol. The number of carbonyl (C=O) groups excluding carboxylic acids is 3. The molecule has 0 aromatic rings. The number of methoxy groups -OCH3 is 1. The number of hydrogen-bond donors (Lipinski definition) is 6. The Balaban J connectivity index is 1.34. The summed E-state index contributed by atoms with van der Waals surface area (Å²) in [5, 5.41) is 47.3. The van der Waals surface area contributed by atoms with Gasteiger partial charge in [0.25, 0.3) is 0 Å². The van der Waals surface area contributed by atoms with Crippen molar-refractivity contribution in [2.45, 2.75) is 161 Å². The Labute approximate surface area is 371 Å². The van der Waals surface area contributed by atoms with Gasteiger partial charge in [-0.2, -0.15) is 0 Å². The Kier molecular flexibility index (Phi) is 13.4. The summed E-state index contributed by atoms with van der Waals surface area (Å²) in [5.41, 5.74) is 4.93. The second kappa shape index (κ2) is 17.8. The van der Waals surface area contributed by atoms with Crippen LogP contribution in [0.2, 0.25) is 0 Å². The number of Topliss-reactive ketones (excluding diaryl/α,β-unsaturated/α-hetero) is 1. The second-order valence-electron chi connectivity index (χ2n) is 20.3. The standard InChI is InChI=1S/C48H70N2O13/c1-22-11-14-34(61-36-20-46(8,49)41(28(7)60-36)50-45(57)58-10)23(2)16-30-17-29(21-51)26(5)19-48(30)43(55)37(44(56)63-48)42(54)47(9)32(22)13-12-31-38(47)24(3)15-25(4)40(31)62-35-18-33(52)39(53)27(6)59-35/h11-13,16-17,24-28,30-36,38-41,51-54H,14-15,18-21,49H2,1-10H3,(H,50,57)/b22-11+,23-16?,42-37?/t24-,25-,26+,27-,28+,30+,31-,32-,33+,34-,35-,36-,38+,39-,40-,41+,46-,47+,48-/m0/s1. The van der Waals surface area contributed by atoms with Crippen LogP contribution in [-0.4, -0.2) is 118 Å². The van der Waals surface area contributed by atoms with Crippen LogP contribution < -0.4 is 11.1 Å². The molecule has 1 spiro atoms. The summed E-state index contributed by atoms with van der Waals surface area (Å²) in [4.78, 5) is 41.9. The molecule has 15 nitrogen and oxygen atoms in total. The lowest BCUT2D eigenvalue weighted by Gasteiger charge is -2.56. The van der Waals surface area contributed by atoms with Crippen LogP contribution in [0.1, 0.15) is 94.4 Å². The first-order valence-corrected chi connectivity index (χ1v) is 22.8. The Bertz CT molecular complexity index is 1950. The number of carbonyl (C=O) groups is 3. The number of fused-ring (bicyclic) bond motifs is 4. The lowest BCUT2D eigenvalue weighted by Crippen LogP contribution is -2.66. The van der Waals surface area contributed by atoms with Crippen molar-refractivity contribution in [2.24, 2.45) is 52.6 Å². The molecular formula is C48H70N2O13. The first-order valence-electron chi connectivity index (χ1n) is 22.8. The summed E-state index contributed by atoms with van der Waals surface area (Å²) in [7, 11) is 1.28. The Morgan fingerprint density at radius 3 is 2.29 bits per heavy atom. The van der Waals surface area contributed by atoms with E-state index in [9.17, 15) is 30.0 Å². The van der Waals surface area contributed by atoms with Crippen molar-refractivity contribution in [1.82, 2.24) is 5.32 Å². The van der Waals surface area contributed by atoms with Gasteiger partial charge in [0, 0.05) is 48.0 Å². The number of ether oxygens (including phenoxy) is 6. The number of alkyl carbamates (subject to hydrolysis) is 1. The fraction of sp³-hybridized carbons (Fsp3) is 0.729. The van der Waals surface area contributed by atoms with E-state index in [0.717, 1.165) is 11.1 Å². The number of rotatable bonds is 6. The topological polar surface area (TPSA) is 226 Å². The third kappa shape index (κ3) is 8.38. The maximum absolute atomic E-state index is 15.3. The minimum Gasteiger partial charge on any atom is -0.511 e. The van der Waals surface area contributed by atoms with Gasteiger partial charge < -0.3 is 59.9 Å². The van der Waals surface area contributed by atoms with Crippen molar-refractivity contribution in [3.63, 3.8) is 0 Å². The predicted molar refractivity (Wildman–Crippen MR) is 230 cm³/mol. The first kappa shape index (κ1) is 47.5. The zero-order valence-corrected chi connectivity index (χ0v) is 38.4. The van der Waals surface area contributed by atoms with E-state index in [1.165, 1.54) is 7.11 Å². The SMILES string of the molecule is COC(=O)N[C@@H]1[C@@H](C)O[C@@H](O[C@H]2C/C=C(\C)[C@@H]3C=C[C@@H]4[C@@H](O[C@H]5C[C@@H](O)[C@@H](O)[C@H](C)O5)[C@@H](C)C[C@H](C)[C@H]4[C@]3(C)C(O)=C3C(=O)O[C@]4(C[C@@H](C)C(CO)=C[C@H]4C=C2C)C3=O)C[C@]1(C)N. The highest BCUT2D eigenvalue weighted by atomic mass is 16.7. The lowest BCUT2D eigenvalue weighted by atomic mass is 9.49. The number of aliphatic hydroxyl groups excluding tert-OH is 4. The number of hydrogen-bond acceptors (Lipinski definition) is 14. The van der Waals surface area contributed by atoms with Gasteiger partial charge >= 0.3 is 12.1 Å². The molecular weight excluding hydrogens is 813 g/mol. The Hall–Kier alpha value is -3.41.